The van der Waals surface area contributed by atoms with E-state index in [4.69, 9.17) is 0 Å². The zero-order chi connectivity index (χ0) is 22.4. The van der Waals surface area contributed by atoms with Crippen LogP contribution in [0.4, 0.5) is 0 Å². The van der Waals surface area contributed by atoms with Crippen LogP contribution in [0.1, 0.15) is 90.2 Å². The molecule has 0 saturated heterocycles. The summed E-state index contributed by atoms with van der Waals surface area (Å²) < 4.78 is 6.01. The first-order valence-corrected chi connectivity index (χ1v) is 21.3. The molecular weight excluding hydrogens is 479 g/mol. The van der Waals surface area contributed by atoms with E-state index in [0.29, 0.717) is 0 Å². The van der Waals surface area contributed by atoms with E-state index in [0.717, 1.165) is 11.8 Å². The summed E-state index contributed by atoms with van der Waals surface area (Å²) in [6.45, 7) is 9.62. The third-order valence-electron chi connectivity index (χ3n) is 7.37. The molecule has 0 aliphatic rings. The van der Waals surface area contributed by atoms with Gasteiger partial charge < -0.3 is 0 Å². The van der Waals surface area contributed by atoms with Crippen molar-refractivity contribution in [3.05, 3.63) is 71.8 Å². The summed E-state index contributed by atoms with van der Waals surface area (Å²) in [7, 11) is 0. The van der Waals surface area contributed by atoms with Crippen LogP contribution in [0.2, 0.25) is 8.87 Å². The van der Waals surface area contributed by atoms with Gasteiger partial charge in [-0.1, -0.05) is 0 Å². The Morgan fingerprint density at radius 2 is 0.968 bits per heavy atom. The molecule has 0 bridgehead atoms. The van der Waals surface area contributed by atoms with Crippen molar-refractivity contribution < 1.29 is 0 Å². The van der Waals surface area contributed by atoms with E-state index >= 15 is 0 Å². The van der Waals surface area contributed by atoms with E-state index in [-0.39, 0.29) is 0 Å². The van der Waals surface area contributed by atoms with Crippen LogP contribution in [0.5, 0.6) is 0 Å². The summed E-state index contributed by atoms with van der Waals surface area (Å²) in [6.07, 6.45) is 11.1. The van der Waals surface area contributed by atoms with Gasteiger partial charge in [-0.05, 0) is 0 Å². The third kappa shape index (κ3) is 9.72. The summed E-state index contributed by atoms with van der Waals surface area (Å²) in [5.74, 6) is 1.87. The average molecular weight is 527 g/mol. The molecule has 2 rings (SSSR count). The van der Waals surface area contributed by atoms with Gasteiger partial charge in [0.1, 0.15) is 0 Å². The summed E-state index contributed by atoms with van der Waals surface area (Å²) in [4.78, 5) is 0. The zero-order valence-corrected chi connectivity index (χ0v) is 23.8. The van der Waals surface area contributed by atoms with Gasteiger partial charge in [-0.3, -0.25) is 0 Å². The second-order valence-corrected chi connectivity index (χ2v) is 23.0. The summed E-state index contributed by atoms with van der Waals surface area (Å²) in [5.41, 5.74) is 3.23. The van der Waals surface area contributed by atoms with Gasteiger partial charge >= 0.3 is 199 Å². The molecule has 0 radical (unpaired) electrons. The maximum atomic E-state index is 2.45. The normalized spacial score (nSPS) is 13.8. The van der Waals surface area contributed by atoms with Crippen molar-refractivity contribution in [3.8, 4) is 0 Å². The van der Waals surface area contributed by atoms with Crippen LogP contribution < -0.4 is 0 Å². The van der Waals surface area contributed by atoms with Gasteiger partial charge in [0.05, 0.1) is 0 Å². The Bertz CT molecular complexity index is 617. The monoisotopic (exact) mass is 528 g/mol. The van der Waals surface area contributed by atoms with Gasteiger partial charge in [-0.15, -0.1) is 0 Å². The van der Waals surface area contributed by atoms with Crippen LogP contribution in [-0.4, -0.2) is 18.4 Å². The summed E-state index contributed by atoms with van der Waals surface area (Å²) >= 11 is -2.52. The van der Waals surface area contributed by atoms with E-state index in [2.05, 4.69) is 88.4 Å². The second-order valence-electron chi connectivity index (χ2n) is 10.1. The SMILES string of the molecule is CCCCC(CC)[CH2][Sn]([CH2]c1ccccc1)([CH2]c1ccccc1)[CH2]C(CC)CCCC. The molecule has 0 amide bonds. The molecule has 0 nitrogen and oxygen atoms in total. The number of hydrogen-bond donors (Lipinski definition) is 0. The van der Waals surface area contributed by atoms with Crippen LogP contribution in [0.25, 0.3) is 0 Å². The van der Waals surface area contributed by atoms with E-state index in [9.17, 15) is 0 Å². The molecule has 172 valence electrons. The van der Waals surface area contributed by atoms with Gasteiger partial charge in [-0.2, -0.15) is 0 Å². The van der Waals surface area contributed by atoms with Crippen molar-refractivity contribution in [3.63, 3.8) is 0 Å². The molecule has 0 aliphatic carbocycles. The van der Waals surface area contributed by atoms with Crippen LogP contribution >= 0.6 is 0 Å². The van der Waals surface area contributed by atoms with E-state index < -0.39 is 18.4 Å². The minimum atomic E-state index is -2.52. The van der Waals surface area contributed by atoms with Crippen LogP contribution in [-0.2, 0) is 8.87 Å². The molecule has 0 spiro atoms. The Kier molecular flexibility index (Phi) is 12.9. The Morgan fingerprint density at radius 3 is 1.29 bits per heavy atom. The molecule has 2 atom stereocenters. The van der Waals surface area contributed by atoms with Gasteiger partial charge in [0, 0.05) is 0 Å². The standard InChI is InChI=1S/2C8H17.2C7H7.Sn/c2*1-4-6-7-8(3)5-2;2*1-7-5-3-2-4-6-7;/h2*8H,3-7H2,1-2H3;2*2-6H,1H2;. The number of rotatable bonds is 16. The van der Waals surface area contributed by atoms with Gasteiger partial charge in [0.25, 0.3) is 0 Å². The molecular formula is C30H48Sn. The predicted octanol–water partition coefficient (Wildman–Crippen LogP) is 9.43. The molecule has 2 unspecified atom stereocenters. The molecule has 0 heterocycles. The van der Waals surface area contributed by atoms with Crippen molar-refractivity contribution in [2.75, 3.05) is 0 Å². The van der Waals surface area contributed by atoms with Crippen molar-refractivity contribution in [1.29, 1.82) is 0 Å². The quantitative estimate of drug-likeness (QED) is 0.191. The molecule has 31 heavy (non-hydrogen) atoms. The summed E-state index contributed by atoms with van der Waals surface area (Å²) in [5, 5.41) is 0. The van der Waals surface area contributed by atoms with Crippen LogP contribution in [0.3, 0.4) is 0 Å². The summed E-state index contributed by atoms with van der Waals surface area (Å²) in [6, 6.07) is 23.1. The van der Waals surface area contributed by atoms with Crippen molar-refractivity contribution in [2.24, 2.45) is 11.8 Å². The first kappa shape index (κ1) is 26.5. The van der Waals surface area contributed by atoms with Gasteiger partial charge in [0.15, 0.2) is 0 Å². The minimum absolute atomic E-state index is 0.937. The van der Waals surface area contributed by atoms with Crippen LogP contribution in [0, 0.1) is 11.8 Å². The fourth-order valence-corrected chi connectivity index (χ4v) is 24.2. The first-order valence-electron chi connectivity index (χ1n) is 13.2. The predicted molar refractivity (Wildman–Crippen MR) is 142 cm³/mol. The molecule has 2 aromatic carbocycles. The maximum absolute atomic E-state index is 2.52. The molecule has 2 aromatic rings. The first-order chi connectivity index (χ1) is 15.1. The molecule has 0 saturated carbocycles. The number of benzene rings is 2. The molecule has 1 heteroatoms. The van der Waals surface area contributed by atoms with E-state index in [1.165, 1.54) is 60.2 Å². The number of unbranched alkanes of at least 4 members (excludes halogenated alkanes) is 2. The zero-order valence-electron chi connectivity index (χ0n) is 20.9. The van der Waals surface area contributed by atoms with E-state index in [1.54, 1.807) is 20.0 Å². The third-order valence-corrected chi connectivity index (χ3v) is 22.2. The molecule has 0 aromatic heterocycles. The van der Waals surface area contributed by atoms with Crippen LogP contribution in [0.15, 0.2) is 60.7 Å². The molecule has 0 N–H and O–H groups in total. The molecule has 0 fully saturated rings. The van der Waals surface area contributed by atoms with Crippen molar-refractivity contribution >= 4 is 18.4 Å². The topological polar surface area (TPSA) is 0 Å². The fourth-order valence-electron chi connectivity index (χ4n) is 5.60. The Hall–Kier alpha value is -0.761. The second kappa shape index (κ2) is 15.1. The van der Waals surface area contributed by atoms with Gasteiger partial charge in [0.2, 0.25) is 0 Å². The fraction of sp³-hybridized carbons (Fsp3) is 0.600. The molecule has 0 aliphatic heterocycles. The van der Waals surface area contributed by atoms with Crippen molar-refractivity contribution in [2.45, 2.75) is 96.8 Å². The van der Waals surface area contributed by atoms with E-state index in [1.807, 2.05) is 0 Å². The van der Waals surface area contributed by atoms with Crippen molar-refractivity contribution in [1.82, 2.24) is 0 Å². The average Bonchev–Trinajstić information content (AvgIpc) is 2.80. The Labute approximate surface area is 198 Å². The Morgan fingerprint density at radius 1 is 0.581 bits per heavy atom. The number of hydrogen-bond acceptors (Lipinski definition) is 0. The Balaban J connectivity index is 2.40. The van der Waals surface area contributed by atoms with Gasteiger partial charge in [-0.25, -0.2) is 0 Å².